The number of aliphatic carboxylic acids is 1. The van der Waals surface area contributed by atoms with E-state index in [-0.39, 0.29) is 23.2 Å². The molecule has 4 rings (SSSR count). The summed E-state index contributed by atoms with van der Waals surface area (Å²) in [4.78, 5) is 20.8. The SMILES string of the molecule is CC(C)(C1=N[C@](C)(C(=O)O)CS1)[C@H](O)[C@@H]1CS[C@H]([C@H]2CSC(c3ccccc3O)=N2)N1. The summed E-state index contributed by atoms with van der Waals surface area (Å²) < 4.78 is 0. The monoisotopic (exact) mass is 481 g/mol. The van der Waals surface area contributed by atoms with Crippen LogP contribution >= 0.6 is 35.3 Å². The number of phenolic OH excluding ortho intramolecular Hbond substituents is 1. The molecule has 0 amide bonds. The fraction of sp³-hybridized carbons (Fsp3) is 0.571. The first-order valence-electron chi connectivity index (χ1n) is 10.1. The van der Waals surface area contributed by atoms with E-state index in [1.54, 1.807) is 42.6 Å². The lowest BCUT2D eigenvalue weighted by molar-refractivity contribution is -0.141. The molecule has 31 heavy (non-hydrogen) atoms. The van der Waals surface area contributed by atoms with Gasteiger partial charge in [-0.3, -0.25) is 15.3 Å². The van der Waals surface area contributed by atoms with Crippen molar-refractivity contribution in [1.29, 1.82) is 0 Å². The van der Waals surface area contributed by atoms with Crippen LogP contribution in [0.1, 0.15) is 26.3 Å². The molecule has 1 aromatic carbocycles. The van der Waals surface area contributed by atoms with Gasteiger partial charge in [-0.1, -0.05) is 26.0 Å². The van der Waals surface area contributed by atoms with Crippen LogP contribution in [0, 0.1) is 5.41 Å². The van der Waals surface area contributed by atoms with E-state index >= 15 is 0 Å². The largest absolute Gasteiger partial charge is 0.507 e. The summed E-state index contributed by atoms with van der Waals surface area (Å²) in [7, 11) is 0. The number of hydrogen-bond donors (Lipinski definition) is 4. The molecule has 0 radical (unpaired) electrons. The van der Waals surface area contributed by atoms with Crippen molar-refractivity contribution >= 4 is 51.3 Å². The van der Waals surface area contributed by atoms with Gasteiger partial charge in [0.15, 0.2) is 5.54 Å². The van der Waals surface area contributed by atoms with Crippen molar-refractivity contribution in [1.82, 2.24) is 5.32 Å². The Balaban J connectivity index is 1.43. The van der Waals surface area contributed by atoms with Crippen LogP contribution in [0.3, 0.4) is 0 Å². The number of rotatable bonds is 6. The molecule has 0 aliphatic carbocycles. The molecule has 7 nitrogen and oxygen atoms in total. The number of nitrogens with one attached hydrogen (secondary N) is 1. The summed E-state index contributed by atoms with van der Waals surface area (Å²) in [6.45, 7) is 5.47. The predicted octanol–water partition coefficient (Wildman–Crippen LogP) is 2.66. The van der Waals surface area contributed by atoms with E-state index in [0.717, 1.165) is 22.1 Å². The van der Waals surface area contributed by atoms with E-state index in [1.807, 2.05) is 26.0 Å². The zero-order valence-electron chi connectivity index (χ0n) is 17.6. The summed E-state index contributed by atoms with van der Waals surface area (Å²) in [5.41, 5.74) is -1.03. The number of para-hydroxylation sites is 1. The molecule has 1 fully saturated rings. The van der Waals surface area contributed by atoms with Gasteiger partial charge >= 0.3 is 5.97 Å². The Morgan fingerprint density at radius 1 is 1.29 bits per heavy atom. The van der Waals surface area contributed by atoms with E-state index in [1.165, 1.54) is 11.8 Å². The number of aromatic hydroxyl groups is 1. The highest BCUT2D eigenvalue weighted by Gasteiger charge is 2.48. The van der Waals surface area contributed by atoms with Gasteiger partial charge in [-0.05, 0) is 19.1 Å². The van der Waals surface area contributed by atoms with E-state index in [0.29, 0.717) is 10.8 Å². The Morgan fingerprint density at radius 3 is 2.71 bits per heavy atom. The van der Waals surface area contributed by atoms with Crippen molar-refractivity contribution in [2.45, 2.75) is 49.9 Å². The Bertz CT molecular complexity index is 938. The van der Waals surface area contributed by atoms with Gasteiger partial charge in [-0.15, -0.1) is 35.3 Å². The number of phenols is 1. The third-order valence-corrected chi connectivity index (χ3v) is 10.0. The highest BCUT2D eigenvalue weighted by molar-refractivity contribution is 8.15. The van der Waals surface area contributed by atoms with Gasteiger partial charge in [-0.25, -0.2) is 4.79 Å². The number of carboxylic acid groups (broad SMARTS) is 1. The number of thioether (sulfide) groups is 3. The van der Waals surface area contributed by atoms with Crippen molar-refractivity contribution in [2.75, 3.05) is 17.3 Å². The quantitative estimate of drug-likeness (QED) is 0.490. The van der Waals surface area contributed by atoms with E-state index < -0.39 is 23.0 Å². The van der Waals surface area contributed by atoms with Crippen LogP contribution in [0.15, 0.2) is 34.3 Å². The fourth-order valence-electron chi connectivity index (χ4n) is 3.83. The molecule has 0 spiro atoms. The summed E-state index contributed by atoms with van der Waals surface area (Å²) in [5.74, 6) is 1.24. The molecule has 1 saturated heterocycles. The number of aliphatic hydroxyl groups is 1. The second-order valence-corrected chi connectivity index (χ2v) is 12.0. The van der Waals surface area contributed by atoms with Gasteiger partial charge in [-0.2, -0.15) is 0 Å². The summed E-state index contributed by atoms with van der Waals surface area (Å²) >= 11 is 4.81. The van der Waals surface area contributed by atoms with E-state index in [2.05, 4.69) is 10.3 Å². The van der Waals surface area contributed by atoms with Gasteiger partial charge in [0.05, 0.1) is 22.6 Å². The molecule has 3 aliphatic rings. The zero-order chi connectivity index (χ0) is 22.4. The molecule has 0 saturated carbocycles. The standard InChI is InChI=1S/C21H27N3O4S3/c1-20(2,18-24-21(3,10-31-18)19(27)28)15(26)12-8-30-17(22-12)13-9-29-16(23-13)11-6-4-5-7-14(11)25/h4-7,12-13,15,17,22,25-26H,8-10H2,1-3H3,(H,27,28)/t12-,13+,15+,17+,21-/m0/s1. The van der Waals surface area contributed by atoms with E-state index in [9.17, 15) is 20.1 Å². The molecule has 0 bridgehead atoms. The minimum Gasteiger partial charge on any atom is -0.507 e. The number of carbonyl (C=O) groups is 1. The summed E-state index contributed by atoms with van der Waals surface area (Å²) in [5, 5.41) is 35.9. The number of hydrogen-bond acceptors (Lipinski definition) is 9. The van der Waals surface area contributed by atoms with Crippen LogP contribution < -0.4 is 5.32 Å². The summed E-state index contributed by atoms with van der Waals surface area (Å²) in [6, 6.07) is 7.14. The highest BCUT2D eigenvalue weighted by Crippen LogP contribution is 2.41. The normalized spacial score (nSPS) is 32.1. The van der Waals surface area contributed by atoms with Crippen LogP contribution in [-0.2, 0) is 4.79 Å². The number of carboxylic acids is 1. The predicted molar refractivity (Wildman–Crippen MR) is 130 cm³/mol. The molecule has 1 aromatic rings. The lowest BCUT2D eigenvalue weighted by Gasteiger charge is -2.34. The molecular weight excluding hydrogens is 454 g/mol. The minimum absolute atomic E-state index is 0.0541. The Labute approximate surface area is 194 Å². The fourth-order valence-corrected chi connectivity index (χ4v) is 7.80. The second-order valence-electron chi connectivity index (χ2n) is 8.81. The number of aliphatic hydroxyl groups excluding tert-OH is 1. The molecule has 4 N–H and O–H groups in total. The molecule has 3 heterocycles. The van der Waals surface area contributed by atoms with Gasteiger partial charge in [0.1, 0.15) is 10.8 Å². The minimum atomic E-state index is -1.13. The highest BCUT2D eigenvalue weighted by atomic mass is 32.2. The summed E-state index contributed by atoms with van der Waals surface area (Å²) in [6.07, 6.45) is -0.705. The smallest absolute Gasteiger partial charge is 0.332 e. The second kappa shape index (κ2) is 8.62. The molecular formula is C21H27N3O4S3. The van der Waals surface area contributed by atoms with Crippen molar-refractivity contribution in [3.63, 3.8) is 0 Å². The first kappa shape index (κ1) is 23.0. The number of nitrogens with zero attached hydrogens (tertiary/aromatic N) is 2. The van der Waals surface area contributed by atoms with Crippen LogP contribution in [-0.4, -0.2) is 77.7 Å². The van der Waals surface area contributed by atoms with Crippen LogP contribution in [0.5, 0.6) is 5.75 Å². The van der Waals surface area contributed by atoms with Crippen molar-refractivity contribution in [2.24, 2.45) is 15.4 Å². The molecule has 5 atom stereocenters. The van der Waals surface area contributed by atoms with Gasteiger partial charge < -0.3 is 15.3 Å². The van der Waals surface area contributed by atoms with Gasteiger partial charge in [0.25, 0.3) is 0 Å². The first-order valence-corrected chi connectivity index (χ1v) is 13.1. The van der Waals surface area contributed by atoms with Gasteiger partial charge in [0.2, 0.25) is 0 Å². The topological polar surface area (TPSA) is 115 Å². The third-order valence-electron chi connectivity index (χ3n) is 5.96. The Morgan fingerprint density at radius 2 is 2.03 bits per heavy atom. The Kier molecular flexibility index (Phi) is 6.39. The maximum atomic E-state index is 11.5. The average molecular weight is 482 g/mol. The lowest BCUT2D eigenvalue weighted by atomic mass is 9.83. The lowest BCUT2D eigenvalue weighted by Crippen LogP contribution is -2.51. The third kappa shape index (κ3) is 4.37. The first-order chi connectivity index (χ1) is 14.6. The number of aliphatic imine (C=N–C) groups is 2. The maximum Gasteiger partial charge on any atom is 0.332 e. The van der Waals surface area contributed by atoms with E-state index in [4.69, 9.17) is 4.99 Å². The van der Waals surface area contributed by atoms with Crippen molar-refractivity contribution in [3.8, 4) is 5.75 Å². The van der Waals surface area contributed by atoms with Crippen molar-refractivity contribution in [3.05, 3.63) is 29.8 Å². The zero-order valence-corrected chi connectivity index (χ0v) is 20.1. The maximum absolute atomic E-state index is 11.5. The molecule has 168 valence electrons. The number of benzene rings is 1. The molecule has 0 aromatic heterocycles. The van der Waals surface area contributed by atoms with Crippen LogP contribution in [0.25, 0.3) is 0 Å². The van der Waals surface area contributed by atoms with Gasteiger partial charge in [0, 0.05) is 34.3 Å². The van der Waals surface area contributed by atoms with Crippen LogP contribution in [0.2, 0.25) is 0 Å². The van der Waals surface area contributed by atoms with Crippen LogP contribution in [0.4, 0.5) is 0 Å². The average Bonchev–Trinajstić information content (AvgIpc) is 3.47. The molecule has 10 heteroatoms. The Hall–Kier alpha value is -1.20. The molecule has 0 unspecified atom stereocenters. The molecule has 3 aliphatic heterocycles. The van der Waals surface area contributed by atoms with Crippen molar-refractivity contribution < 1.29 is 20.1 Å².